The van der Waals surface area contributed by atoms with Crippen molar-refractivity contribution in [1.29, 1.82) is 0 Å². The Hall–Kier alpha value is -1.79. The van der Waals surface area contributed by atoms with Gasteiger partial charge in [-0.2, -0.15) is 0 Å². The van der Waals surface area contributed by atoms with E-state index < -0.39 is 0 Å². The number of ether oxygens (including phenoxy) is 2. The lowest BCUT2D eigenvalue weighted by Gasteiger charge is -2.22. The Morgan fingerprint density at radius 1 is 1.38 bits per heavy atom. The van der Waals surface area contributed by atoms with E-state index in [2.05, 4.69) is 24.3 Å². The van der Waals surface area contributed by atoms with Gasteiger partial charge in [-0.3, -0.25) is 0 Å². The number of benzene rings is 1. The summed E-state index contributed by atoms with van der Waals surface area (Å²) in [6.45, 7) is 5.53. The average Bonchev–Trinajstić information content (AvgIpc) is 2.49. The monoisotopic (exact) mass is 295 g/mol. The third-order valence-electron chi connectivity index (χ3n) is 3.39. The third kappa shape index (κ3) is 4.91. The summed E-state index contributed by atoms with van der Waals surface area (Å²) in [5, 5.41) is 15.2. The van der Waals surface area contributed by atoms with Crippen LogP contribution in [0.4, 0.5) is 0 Å². The van der Waals surface area contributed by atoms with Gasteiger partial charge in [0.25, 0.3) is 0 Å². The molecule has 1 aromatic rings. The molecular formula is C15H25N3O3. The zero-order valence-corrected chi connectivity index (χ0v) is 13.1. The van der Waals surface area contributed by atoms with E-state index in [0.29, 0.717) is 24.6 Å². The number of nitrogens with two attached hydrogens (primary N) is 1. The number of nitrogens with one attached hydrogen (secondary N) is 1. The minimum absolute atomic E-state index is 0.0798. The number of methoxy groups -OCH3 is 2. The van der Waals surface area contributed by atoms with E-state index in [9.17, 15) is 0 Å². The van der Waals surface area contributed by atoms with Crippen molar-refractivity contribution < 1.29 is 14.7 Å². The van der Waals surface area contributed by atoms with Crippen molar-refractivity contribution in [3.63, 3.8) is 0 Å². The van der Waals surface area contributed by atoms with Gasteiger partial charge in [0.2, 0.25) is 0 Å². The molecule has 4 N–H and O–H groups in total. The molecule has 1 rings (SSSR count). The van der Waals surface area contributed by atoms with Crippen LogP contribution in [0.2, 0.25) is 0 Å². The molecule has 21 heavy (non-hydrogen) atoms. The van der Waals surface area contributed by atoms with Gasteiger partial charge in [-0.05, 0) is 24.1 Å². The Morgan fingerprint density at radius 2 is 2.10 bits per heavy atom. The number of oxime groups is 1. The molecule has 0 spiro atoms. The lowest BCUT2D eigenvalue weighted by atomic mass is 10.0. The van der Waals surface area contributed by atoms with Crippen LogP contribution in [0.15, 0.2) is 23.4 Å². The molecule has 0 aliphatic rings. The van der Waals surface area contributed by atoms with Crippen molar-refractivity contribution in [3.05, 3.63) is 29.3 Å². The van der Waals surface area contributed by atoms with E-state index >= 15 is 0 Å². The highest BCUT2D eigenvalue weighted by Gasteiger charge is 2.14. The zero-order chi connectivity index (χ0) is 15.8. The van der Waals surface area contributed by atoms with Crippen molar-refractivity contribution in [2.24, 2.45) is 16.8 Å². The molecule has 6 heteroatoms. The predicted molar refractivity (Wildman–Crippen MR) is 82.8 cm³/mol. The molecule has 0 aromatic heterocycles. The Bertz CT molecular complexity index is 475. The number of hydrogen-bond donors (Lipinski definition) is 3. The standard InChI is InChI=1S/C15H25N3O3/c1-10(2)13(9-20-3)17-8-12-7-11(15(16)18-19)5-6-14(12)21-4/h5-7,10,13,17,19H,8-9H2,1-4H3,(H2,16,18). The quantitative estimate of drug-likeness (QED) is 0.293. The van der Waals surface area contributed by atoms with Crippen LogP contribution in [0.1, 0.15) is 25.0 Å². The zero-order valence-electron chi connectivity index (χ0n) is 13.1. The fourth-order valence-corrected chi connectivity index (χ4v) is 2.04. The van der Waals surface area contributed by atoms with E-state index in [0.717, 1.165) is 11.3 Å². The number of amidine groups is 1. The number of rotatable bonds is 8. The maximum Gasteiger partial charge on any atom is 0.170 e. The molecule has 0 saturated heterocycles. The molecule has 0 amide bonds. The second kappa shape index (κ2) is 8.49. The number of nitrogens with zero attached hydrogens (tertiary/aromatic N) is 1. The van der Waals surface area contributed by atoms with Crippen molar-refractivity contribution in [2.75, 3.05) is 20.8 Å². The largest absolute Gasteiger partial charge is 0.496 e. The lowest BCUT2D eigenvalue weighted by Crippen LogP contribution is -2.37. The summed E-state index contributed by atoms with van der Waals surface area (Å²) in [6.07, 6.45) is 0. The Kier molecular flexibility index (Phi) is 6.98. The van der Waals surface area contributed by atoms with E-state index in [1.54, 1.807) is 20.3 Å². The molecule has 1 aromatic carbocycles. The molecule has 0 radical (unpaired) electrons. The first-order valence-corrected chi connectivity index (χ1v) is 6.90. The summed E-state index contributed by atoms with van der Waals surface area (Å²) >= 11 is 0. The third-order valence-corrected chi connectivity index (χ3v) is 3.39. The van der Waals surface area contributed by atoms with Gasteiger partial charge in [0.1, 0.15) is 5.75 Å². The van der Waals surface area contributed by atoms with Crippen LogP contribution in [-0.4, -0.2) is 37.9 Å². The molecule has 0 bridgehead atoms. The molecule has 0 heterocycles. The van der Waals surface area contributed by atoms with Crippen LogP contribution in [0.3, 0.4) is 0 Å². The summed E-state index contributed by atoms with van der Waals surface area (Å²) in [6, 6.07) is 5.66. The molecule has 1 atom stereocenters. The van der Waals surface area contributed by atoms with Crippen LogP contribution in [0, 0.1) is 5.92 Å². The molecular weight excluding hydrogens is 270 g/mol. The SMILES string of the molecule is COCC(NCc1cc(/C(N)=N/O)ccc1OC)C(C)C. The van der Waals surface area contributed by atoms with E-state index in [4.69, 9.17) is 20.4 Å². The molecule has 0 aliphatic heterocycles. The Morgan fingerprint density at radius 3 is 2.62 bits per heavy atom. The van der Waals surface area contributed by atoms with E-state index in [-0.39, 0.29) is 11.9 Å². The van der Waals surface area contributed by atoms with Crippen molar-refractivity contribution in [3.8, 4) is 5.75 Å². The normalized spacial score (nSPS) is 13.5. The van der Waals surface area contributed by atoms with Crippen LogP contribution < -0.4 is 15.8 Å². The smallest absolute Gasteiger partial charge is 0.170 e. The fraction of sp³-hybridized carbons (Fsp3) is 0.533. The van der Waals surface area contributed by atoms with Gasteiger partial charge in [-0.25, -0.2) is 0 Å². The van der Waals surface area contributed by atoms with Gasteiger partial charge in [-0.15, -0.1) is 0 Å². The lowest BCUT2D eigenvalue weighted by molar-refractivity contribution is 0.146. The maximum absolute atomic E-state index is 8.77. The second-order valence-electron chi connectivity index (χ2n) is 5.20. The highest BCUT2D eigenvalue weighted by atomic mass is 16.5. The van der Waals surface area contributed by atoms with Crippen molar-refractivity contribution in [1.82, 2.24) is 5.32 Å². The first-order chi connectivity index (χ1) is 10.0. The van der Waals surface area contributed by atoms with Gasteiger partial charge >= 0.3 is 0 Å². The fourth-order valence-electron chi connectivity index (χ4n) is 2.04. The van der Waals surface area contributed by atoms with Crippen LogP contribution >= 0.6 is 0 Å². The molecule has 0 saturated carbocycles. The topological polar surface area (TPSA) is 89.1 Å². The van der Waals surface area contributed by atoms with Gasteiger partial charge in [0, 0.05) is 30.8 Å². The van der Waals surface area contributed by atoms with E-state index in [1.165, 1.54) is 0 Å². The summed E-state index contributed by atoms with van der Waals surface area (Å²) in [4.78, 5) is 0. The van der Waals surface area contributed by atoms with Gasteiger partial charge in [-0.1, -0.05) is 19.0 Å². The maximum atomic E-state index is 8.77. The minimum atomic E-state index is 0.0798. The van der Waals surface area contributed by atoms with Gasteiger partial charge < -0.3 is 25.7 Å². The molecule has 0 aliphatic carbocycles. The van der Waals surface area contributed by atoms with Gasteiger partial charge in [0.15, 0.2) is 5.84 Å². The molecule has 118 valence electrons. The summed E-state index contributed by atoms with van der Waals surface area (Å²) in [7, 11) is 3.31. The number of hydrogen-bond acceptors (Lipinski definition) is 5. The van der Waals surface area contributed by atoms with Crippen molar-refractivity contribution in [2.45, 2.75) is 26.4 Å². The first-order valence-electron chi connectivity index (χ1n) is 6.90. The predicted octanol–water partition coefficient (Wildman–Crippen LogP) is 1.55. The summed E-state index contributed by atoms with van der Waals surface area (Å²) in [5.74, 6) is 1.29. The van der Waals surface area contributed by atoms with Crippen LogP contribution in [0.5, 0.6) is 5.75 Å². The Labute approximate surface area is 125 Å². The van der Waals surface area contributed by atoms with Crippen molar-refractivity contribution >= 4 is 5.84 Å². The second-order valence-corrected chi connectivity index (χ2v) is 5.20. The van der Waals surface area contributed by atoms with Crippen LogP contribution in [0.25, 0.3) is 0 Å². The molecule has 0 fully saturated rings. The highest BCUT2D eigenvalue weighted by molar-refractivity contribution is 5.97. The Balaban J connectivity index is 2.89. The van der Waals surface area contributed by atoms with Crippen LogP contribution in [-0.2, 0) is 11.3 Å². The average molecular weight is 295 g/mol. The molecule has 6 nitrogen and oxygen atoms in total. The highest BCUT2D eigenvalue weighted by Crippen LogP contribution is 2.20. The summed E-state index contributed by atoms with van der Waals surface area (Å²) in [5.41, 5.74) is 7.23. The minimum Gasteiger partial charge on any atom is -0.496 e. The molecule has 1 unspecified atom stereocenters. The first kappa shape index (κ1) is 17.3. The van der Waals surface area contributed by atoms with Gasteiger partial charge in [0.05, 0.1) is 13.7 Å². The van der Waals surface area contributed by atoms with E-state index in [1.807, 2.05) is 12.1 Å². The summed E-state index contributed by atoms with van der Waals surface area (Å²) < 4.78 is 10.6.